The highest BCUT2D eigenvalue weighted by Gasteiger charge is 2.18. The number of fused-ring (bicyclic) bond motifs is 1. The lowest BCUT2D eigenvalue weighted by Gasteiger charge is -2.19. The van der Waals surface area contributed by atoms with E-state index in [-0.39, 0.29) is 29.9 Å². The molecule has 0 radical (unpaired) electrons. The summed E-state index contributed by atoms with van der Waals surface area (Å²) in [6.45, 7) is 10.3. The molecule has 0 saturated carbocycles. The van der Waals surface area contributed by atoms with Gasteiger partial charge in [-0.15, -0.1) is 0 Å². The number of anilines is 1. The van der Waals surface area contributed by atoms with Gasteiger partial charge in [-0.05, 0) is 61.2 Å². The second kappa shape index (κ2) is 9.74. The van der Waals surface area contributed by atoms with E-state index in [4.69, 9.17) is 9.72 Å². The number of imidazole rings is 1. The average Bonchev–Trinajstić information content (AvgIpc) is 3.17. The summed E-state index contributed by atoms with van der Waals surface area (Å²) in [5, 5.41) is 2.92. The molecule has 0 atom stereocenters. The fourth-order valence-electron chi connectivity index (χ4n) is 3.89. The van der Waals surface area contributed by atoms with Crippen LogP contribution < -0.4 is 5.32 Å². The van der Waals surface area contributed by atoms with Crippen molar-refractivity contribution in [1.29, 1.82) is 0 Å². The third kappa shape index (κ3) is 5.60. The summed E-state index contributed by atoms with van der Waals surface area (Å²) >= 11 is 0. The number of nitrogens with one attached hydrogen (secondary N) is 1. The fraction of sp³-hybridized carbons (Fsp3) is 0.276. The Morgan fingerprint density at radius 2 is 1.60 bits per heavy atom. The molecule has 4 aromatic rings. The third-order valence-electron chi connectivity index (χ3n) is 5.71. The molecule has 35 heavy (non-hydrogen) atoms. The molecule has 0 aliphatic heterocycles. The van der Waals surface area contributed by atoms with E-state index in [0.717, 1.165) is 22.4 Å². The number of hydrogen-bond donors (Lipinski definition) is 1. The highest BCUT2D eigenvalue weighted by molar-refractivity contribution is 5.94. The average molecular weight is 470 g/mol. The van der Waals surface area contributed by atoms with Gasteiger partial charge in [0, 0.05) is 11.3 Å². The predicted octanol–water partition coefficient (Wildman–Crippen LogP) is 6.20. The molecule has 1 aromatic heterocycles. The maximum absolute atomic E-state index is 13.0. The quantitative estimate of drug-likeness (QED) is 0.341. The Labute approximate surface area is 206 Å². The Morgan fingerprint density at radius 1 is 0.943 bits per heavy atom. The van der Waals surface area contributed by atoms with Crippen molar-refractivity contribution in [2.24, 2.45) is 0 Å². The van der Waals surface area contributed by atoms with Gasteiger partial charge >= 0.3 is 5.97 Å². The highest BCUT2D eigenvalue weighted by Crippen LogP contribution is 2.28. The van der Waals surface area contributed by atoms with Crippen LogP contribution in [0.25, 0.3) is 22.4 Å². The Bertz CT molecular complexity index is 1340. The third-order valence-corrected chi connectivity index (χ3v) is 5.71. The Hall–Kier alpha value is -3.93. The molecule has 1 amide bonds. The summed E-state index contributed by atoms with van der Waals surface area (Å²) < 4.78 is 7.15. The highest BCUT2D eigenvalue weighted by atomic mass is 16.5. The number of nitrogens with zero attached hydrogens (tertiary/aromatic N) is 2. The van der Waals surface area contributed by atoms with Crippen LogP contribution in [0.4, 0.5) is 5.69 Å². The number of aromatic nitrogens is 2. The van der Waals surface area contributed by atoms with E-state index in [1.54, 1.807) is 38.1 Å². The lowest BCUT2D eigenvalue weighted by atomic mass is 9.87. The molecule has 0 aliphatic rings. The van der Waals surface area contributed by atoms with Crippen LogP contribution in [0.5, 0.6) is 0 Å². The topological polar surface area (TPSA) is 73.2 Å². The van der Waals surface area contributed by atoms with Gasteiger partial charge in [0.15, 0.2) is 0 Å². The first-order valence-corrected chi connectivity index (χ1v) is 11.8. The second-order valence-electron chi connectivity index (χ2n) is 9.92. The van der Waals surface area contributed by atoms with Crippen molar-refractivity contribution in [3.63, 3.8) is 0 Å². The van der Waals surface area contributed by atoms with Crippen LogP contribution >= 0.6 is 0 Å². The molecule has 0 spiro atoms. The minimum absolute atomic E-state index is 0.0552. The van der Waals surface area contributed by atoms with Crippen LogP contribution in [0.15, 0.2) is 72.8 Å². The molecule has 0 fully saturated rings. The van der Waals surface area contributed by atoms with E-state index < -0.39 is 0 Å². The summed E-state index contributed by atoms with van der Waals surface area (Å²) in [6.07, 6.45) is -0.189. The molecule has 6 nitrogen and oxygen atoms in total. The number of ether oxygens (including phenoxy) is 1. The number of esters is 1. The molecule has 0 saturated heterocycles. The minimum Gasteiger partial charge on any atom is -0.459 e. The molecular formula is C29H31N3O3. The number of carbonyl (C=O) groups is 2. The summed E-state index contributed by atoms with van der Waals surface area (Å²) in [5.41, 5.74) is 5.03. The van der Waals surface area contributed by atoms with Crippen LogP contribution in [-0.4, -0.2) is 27.5 Å². The molecule has 3 aromatic carbocycles. The van der Waals surface area contributed by atoms with E-state index in [2.05, 4.69) is 50.4 Å². The lowest BCUT2D eigenvalue weighted by molar-refractivity contribution is -0.116. The Balaban J connectivity index is 1.57. The van der Waals surface area contributed by atoms with Gasteiger partial charge in [-0.2, -0.15) is 0 Å². The molecule has 180 valence electrons. The smallest absolute Gasteiger partial charge is 0.338 e. The molecular weight excluding hydrogens is 438 g/mol. The maximum atomic E-state index is 13.0. The van der Waals surface area contributed by atoms with Crippen LogP contribution in [0.3, 0.4) is 0 Å². The Morgan fingerprint density at radius 3 is 2.23 bits per heavy atom. The van der Waals surface area contributed by atoms with Gasteiger partial charge in [-0.1, -0.05) is 57.2 Å². The van der Waals surface area contributed by atoms with Crippen molar-refractivity contribution in [2.45, 2.75) is 52.7 Å². The minimum atomic E-state index is -0.384. The molecule has 1 N–H and O–H groups in total. The molecule has 4 rings (SSSR count). The van der Waals surface area contributed by atoms with Crippen molar-refractivity contribution in [1.82, 2.24) is 9.55 Å². The summed E-state index contributed by atoms with van der Waals surface area (Å²) in [6, 6.07) is 22.9. The van der Waals surface area contributed by atoms with Gasteiger partial charge in [0.2, 0.25) is 5.91 Å². The van der Waals surface area contributed by atoms with E-state index in [1.807, 2.05) is 28.8 Å². The number of para-hydroxylation sites is 2. The monoisotopic (exact) mass is 469 g/mol. The first-order valence-electron chi connectivity index (χ1n) is 11.8. The van der Waals surface area contributed by atoms with E-state index in [0.29, 0.717) is 11.3 Å². The van der Waals surface area contributed by atoms with Gasteiger partial charge in [0.05, 0.1) is 22.7 Å². The number of hydrogen-bond acceptors (Lipinski definition) is 4. The van der Waals surface area contributed by atoms with Gasteiger partial charge in [-0.3, -0.25) is 4.79 Å². The largest absolute Gasteiger partial charge is 0.459 e. The van der Waals surface area contributed by atoms with Crippen molar-refractivity contribution < 1.29 is 14.3 Å². The van der Waals surface area contributed by atoms with Crippen LogP contribution in [0, 0.1) is 0 Å². The van der Waals surface area contributed by atoms with E-state index in [1.165, 1.54) is 5.56 Å². The second-order valence-corrected chi connectivity index (χ2v) is 9.92. The number of carbonyl (C=O) groups excluding carboxylic acids is 2. The van der Waals surface area contributed by atoms with E-state index >= 15 is 0 Å². The summed E-state index contributed by atoms with van der Waals surface area (Å²) in [5.74, 6) is 0.177. The van der Waals surface area contributed by atoms with Crippen LogP contribution in [0.1, 0.15) is 50.5 Å². The number of rotatable bonds is 6. The van der Waals surface area contributed by atoms with Gasteiger partial charge in [0.25, 0.3) is 0 Å². The zero-order valence-electron chi connectivity index (χ0n) is 20.8. The maximum Gasteiger partial charge on any atom is 0.338 e. The molecule has 6 heteroatoms. The number of amides is 1. The van der Waals surface area contributed by atoms with Crippen molar-refractivity contribution >= 4 is 28.6 Å². The van der Waals surface area contributed by atoms with Crippen molar-refractivity contribution in [3.05, 3.63) is 83.9 Å². The lowest BCUT2D eigenvalue weighted by Crippen LogP contribution is -2.19. The first kappa shape index (κ1) is 24.2. The van der Waals surface area contributed by atoms with Gasteiger partial charge in [-0.25, -0.2) is 9.78 Å². The van der Waals surface area contributed by atoms with E-state index in [9.17, 15) is 9.59 Å². The molecule has 0 bridgehead atoms. The first-order chi connectivity index (χ1) is 16.6. The number of benzene rings is 3. The fourth-order valence-corrected chi connectivity index (χ4v) is 3.89. The standard InChI is InChI=1S/C29H31N3O3/c1-19(2)35-28(34)21-12-16-23(17-13-21)30-26(33)18-32-25-9-7-6-8-24(25)31-27(32)20-10-14-22(15-11-20)29(3,4)5/h6-17,19H,18H2,1-5H3,(H,30,33). The van der Waals surface area contributed by atoms with Crippen LogP contribution in [-0.2, 0) is 21.5 Å². The molecule has 0 unspecified atom stereocenters. The van der Waals surface area contributed by atoms with Crippen LogP contribution in [0.2, 0.25) is 0 Å². The molecule has 1 heterocycles. The zero-order valence-corrected chi connectivity index (χ0v) is 20.8. The Kier molecular flexibility index (Phi) is 6.74. The van der Waals surface area contributed by atoms with Crippen molar-refractivity contribution in [2.75, 3.05) is 5.32 Å². The summed E-state index contributed by atoms with van der Waals surface area (Å²) in [4.78, 5) is 29.9. The van der Waals surface area contributed by atoms with Gasteiger partial charge in [0.1, 0.15) is 12.4 Å². The molecule has 0 aliphatic carbocycles. The van der Waals surface area contributed by atoms with Gasteiger partial charge < -0.3 is 14.6 Å². The predicted molar refractivity (Wildman–Crippen MR) is 139 cm³/mol. The van der Waals surface area contributed by atoms with Crippen molar-refractivity contribution in [3.8, 4) is 11.4 Å². The zero-order chi connectivity index (χ0) is 25.2. The summed E-state index contributed by atoms with van der Waals surface area (Å²) in [7, 11) is 0. The SMILES string of the molecule is CC(C)OC(=O)c1ccc(NC(=O)Cn2c(-c3ccc(C(C)(C)C)cc3)nc3ccccc32)cc1. The normalized spacial score (nSPS) is 11.6.